The molecule has 0 bridgehead atoms. The zero-order valence-corrected chi connectivity index (χ0v) is 9.49. The summed E-state index contributed by atoms with van der Waals surface area (Å²) in [6.45, 7) is 0. The zero-order valence-electron chi connectivity index (χ0n) is 9.49. The van der Waals surface area contributed by atoms with Crippen molar-refractivity contribution in [3.8, 4) is 0 Å². The lowest BCUT2D eigenvalue weighted by molar-refractivity contribution is -0.137. The Kier molecular flexibility index (Phi) is 2.51. The number of aromatic amines is 2. The summed E-state index contributed by atoms with van der Waals surface area (Å²) < 4.78 is 37.7. The minimum atomic E-state index is -4.34. The molecule has 0 unspecified atom stereocenters. The van der Waals surface area contributed by atoms with Gasteiger partial charge in [-0.1, -0.05) is 11.3 Å². The number of hydrogen-bond donors (Lipinski definition) is 2. The van der Waals surface area contributed by atoms with Gasteiger partial charge in [-0.15, -0.1) is 10.2 Å². The second-order valence-corrected chi connectivity index (χ2v) is 4.08. The van der Waals surface area contributed by atoms with Crippen LogP contribution < -0.4 is 0 Å². The number of nitrogens with zero attached hydrogens (tertiary/aromatic N) is 3. The van der Waals surface area contributed by atoms with Crippen molar-refractivity contribution in [1.29, 1.82) is 0 Å². The summed E-state index contributed by atoms with van der Waals surface area (Å²) >= 11 is 0. The maximum Gasteiger partial charge on any atom is 0.416 e. The molecule has 0 aliphatic carbocycles. The third kappa shape index (κ3) is 2.16. The lowest BCUT2D eigenvalue weighted by atomic mass is 10.1. The molecule has 0 amide bonds. The van der Waals surface area contributed by atoms with E-state index < -0.39 is 11.7 Å². The average Bonchev–Trinajstić information content (AvgIpc) is 2.98. The molecule has 0 saturated carbocycles. The van der Waals surface area contributed by atoms with Crippen molar-refractivity contribution < 1.29 is 13.2 Å². The molecule has 5 nitrogen and oxygen atoms in total. The number of nitrogens with one attached hydrogen (secondary N) is 2. The Labute approximate surface area is 104 Å². The number of H-pyrrole nitrogens is 2. The molecule has 8 heteroatoms. The van der Waals surface area contributed by atoms with Crippen LogP contribution in [0.1, 0.15) is 17.0 Å². The third-order valence-electron chi connectivity index (χ3n) is 2.83. The highest BCUT2D eigenvalue weighted by molar-refractivity contribution is 5.84. The highest BCUT2D eigenvalue weighted by Crippen LogP contribution is 2.32. The summed E-state index contributed by atoms with van der Waals surface area (Å²) in [5.74, 6) is 0.487. The molecule has 0 radical (unpaired) electrons. The Bertz CT molecular complexity index is 699. The fourth-order valence-electron chi connectivity index (χ4n) is 1.94. The topological polar surface area (TPSA) is 70.2 Å². The second kappa shape index (κ2) is 4.08. The maximum atomic E-state index is 12.6. The van der Waals surface area contributed by atoms with Gasteiger partial charge < -0.3 is 4.98 Å². The SMILES string of the molecule is FC(F)(F)c1ccc2c(Cc3nn[nH]n3)c[nH]c2c1. The van der Waals surface area contributed by atoms with Gasteiger partial charge in [0.25, 0.3) is 0 Å². The monoisotopic (exact) mass is 267 g/mol. The van der Waals surface area contributed by atoms with Crippen molar-refractivity contribution in [2.45, 2.75) is 12.6 Å². The number of benzene rings is 1. The van der Waals surface area contributed by atoms with Crippen molar-refractivity contribution in [2.75, 3.05) is 0 Å². The first-order valence-electron chi connectivity index (χ1n) is 5.43. The standard InChI is InChI=1S/C11H8F3N5/c12-11(13,14)7-1-2-8-6(5-15-9(8)4-7)3-10-16-18-19-17-10/h1-2,4-5,15H,3H2,(H,16,17,18,19). The molecule has 0 fully saturated rings. The van der Waals surface area contributed by atoms with Crippen molar-refractivity contribution in [2.24, 2.45) is 0 Å². The van der Waals surface area contributed by atoms with Crippen molar-refractivity contribution >= 4 is 10.9 Å². The number of alkyl halides is 3. The highest BCUT2D eigenvalue weighted by atomic mass is 19.4. The molecule has 0 saturated heterocycles. The molecule has 3 aromatic rings. The van der Waals surface area contributed by atoms with Crippen LogP contribution in [-0.4, -0.2) is 25.6 Å². The smallest absolute Gasteiger partial charge is 0.361 e. The predicted octanol–water partition coefficient (Wildman–Crippen LogP) is 2.29. The van der Waals surface area contributed by atoms with E-state index >= 15 is 0 Å². The van der Waals surface area contributed by atoms with Gasteiger partial charge >= 0.3 is 6.18 Å². The molecule has 2 heterocycles. The normalized spacial score (nSPS) is 12.2. The molecule has 98 valence electrons. The molecule has 0 aliphatic rings. The Hall–Kier alpha value is -2.38. The van der Waals surface area contributed by atoms with E-state index in [1.165, 1.54) is 6.07 Å². The molecule has 2 aromatic heterocycles. The zero-order chi connectivity index (χ0) is 13.5. The molecule has 0 spiro atoms. The Morgan fingerprint density at radius 3 is 2.74 bits per heavy atom. The van der Waals surface area contributed by atoms with Crippen LogP contribution >= 0.6 is 0 Å². The third-order valence-corrected chi connectivity index (χ3v) is 2.83. The minimum Gasteiger partial charge on any atom is -0.361 e. The van der Waals surface area contributed by atoms with Gasteiger partial charge in [-0.3, -0.25) is 0 Å². The summed E-state index contributed by atoms with van der Waals surface area (Å²) in [5, 5.41) is 14.1. The van der Waals surface area contributed by atoms with E-state index in [1.54, 1.807) is 6.20 Å². The number of aromatic nitrogens is 5. The van der Waals surface area contributed by atoms with Gasteiger partial charge in [-0.05, 0) is 17.7 Å². The van der Waals surface area contributed by atoms with Crippen LogP contribution in [0.25, 0.3) is 10.9 Å². The van der Waals surface area contributed by atoms with E-state index in [0.717, 1.165) is 23.1 Å². The van der Waals surface area contributed by atoms with Crippen molar-refractivity contribution in [1.82, 2.24) is 25.6 Å². The quantitative estimate of drug-likeness (QED) is 0.748. The van der Waals surface area contributed by atoms with E-state index in [1.807, 2.05) is 0 Å². The molecule has 0 atom stereocenters. The first kappa shape index (κ1) is 11.7. The van der Waals surface area contributed by atoms with E-state index in [0.29, 0.717) is 17.8 Å². The van der Waals surface area contributed by atoms with Crippen LogP contribution in [0.3, 0.4) is 0 Å². The summed E-state index contributed by atoms with van der Waals surface area (Å²) in [4.78, 5) is 2.83. The molecule has 2 N–H and O–H groups in total. The lowest BCUT2D eigenvalue weighted by Crippen LogP contribution is -2.04. The Morgan fingerprint density at radius 1 is 1.21 bits per heavy atom. The largest absolute Gasteiger partial charge is 0.416 e. The van der Waals surface area contributed by atoms with Crippen LogP contribution in [0.5, 0.6) is 0 Å². The van der Waals surface area contributed by atoms with Gasteiger partial charge in [0.15, 0.2) is 5.82 Å². The summed E-state index contributed by atoms with van der Waals surface area (Å²) in [6, 6.07) is 3.61. The fraction of sp³-hybridized carbons (Fsp3) is 0.182. The maximum absolute atomic E-state index is 12.6. The minimum absolute atomic E-state index is 0.405. The molecule has 3 rings (SSSR count). The van der Waals surface area contributed by atoms with Gasteiger partial charge in [0.05, 0.1) is 5.56 Å². The predicted molar refractivity (Wildman–Crippen MR) is 60.3 cm³/mol. The van der Waals surface area contributed by atoms with E-state index in [2.05, 4.69) is 25.6 Å². The molecule has 19 heavy (non-hydrogen) atoms. The average molecular weight is 267 g/mol. The van der Waals surface area contributed by atoms with Crippen LogP contribution in [0.15, 0.2) is 24.4 Å². The second-order valence-electron chi connectivity index (χ2n) is 4.08. The number of rotatable bonds is 2. The Balaban J connectivity index is 2.00. The fourth-order valence-corrected chi connectivity index (χ4v) is 1.94. The van der Waals surface area contributed by atoms with Gasteiger partial charge in [-0.25, -0.2) is 0 Å². The van der Waals surface area contributed by atoms with E-state index in [9.17, 15) is 13.2 Å². The van der Waals surface area contributed by atoms with Gasteiger partial charge in [0.2, 0.25) is 0 Å². The van der Waals surface area contributed by atoms with E-state index in [-0.39, 0.29) is 0 Å². The van der Waals surface area contributed by atoms with Gasteiger partial charge in [-0.2, -0.15) is 18.4 Å². The first-order valence-corrected chi connectivity index (χ1v) is 5.43. The van der Waals surface area contributed by atoms with Crippen LogP contribution in [0.2, 0.25) is 0 Å². The van der Waals surface area contributed by atoms with Crippen LogP contribution in [-0.2, 0) is 12.6 Å². The highest BCUT2D eigenvalue weighted by Gasteiger charge is 2.30. The van der Waals surface area contributed by atoms with Crippen LogP contribution in [0.4, 0.5) is 13.2 Å². The molecular formula is C11H8F3N5. The summed E-state index contributed by atoms with van der Waals surface area (Å²) in [7, 11) is 0. The van der Waals surface area contributed by atoms with E-state index in [4.69, 9.17) is 0 Å². The van der Waals surface area contributed by atoms with Crippen molar-refractivity contribution in [3.63, 3.8) is 0 Å². The Morgan fingerprint density at radius 2 is 2.05 bits per heavy atom. The lowest BCUT2D eigenvalue weighted by Gasteiger charge is -2.06. The van der Waals surface area contributed by atoms with Crippen molar-refractivity contribution in [3.05, 3.63) is 41.3 Å². The van der Waals surface area contributed by atoms with Crippen LogP contribution in [0, 0.1) is 0 Å². The number of tetrazole rings is 1. The summed E-state index contributed by atoms with van der Waals surface area (Å²) in [5.41, 5.74) is 0.589. The molecular weight excluding hydrogens is 259 g/mol. The summed E-state index contributed by atoms with van der Waals surface area (Å²) in [6.07, 6.45) is -2.28. The van der Waals surface area contributed by atoms with Gasteiger partial charge in [0, 0.05) is 23.5 Å². The number of fused-ring (bicyclic) bond motifs is 1. The molecule has 1 aromatic carbocycles. The number of hydrogen-bond acceptors (Lipinski definition) is 3. The molecule has 0 aliphatic heterocycles. The number of halogens is 3. The first-order chi connectivity index (χ1) is 9.04. The van der Waals surface area contributed by atoms with Gasteiger partial charge in [0.1, 0.15) is 0 Å².